The van der Waals surface area contributed by atoms with E-state index < -0.39 is 6.55 Å². The van der Waals surface area contributed by atoms with Gasteiger partial charge in [-0.1, -0.05) is 29.8 Å². The number of guanidine groups is 1. The van der Waals surface area contributed by atoms with Crippen LogP contribution < -0.4 is 5.32 Å². The molecule has 2 rings (SSSR count). The lowest BCUT2D eigenvalue weighted by molar-refractivity contribution is 0.0671. The van der Waals surface area contributed by atoms with E-state index in [1.54, 1.807) is 0 Å². The Morgan fingerprint density at radius 3 is 2.60 bits per heavy atom. The van der Waals surface area contributed by atoms with Gasteiger partial charge in [0.05, 0.1) is 0 Å². The summed E-state index contributed by atoms with van der Waals surface area (Å²) in [4.78, 5) is 10.3. The molecule has 0 aliphatic rings. The highest BCUT2D eigenvalue weighted by Crippen LogP contribution is 2.13. The number of rotatable bonds is 6. The number of nitrogens with one attached hydrogen (secondary N) is 1. The first-order valence-corrected chi connectivity index (χ1v) is 7.86. The van der Waals surface area contributed by atoms with Crippen LogP contribution in [0.3, 0.4) is 0 Å². The molecule has 1 N–H and O–H groups in total. The zero-order valence-electron chi connectivity index (χ0n) is 14.6. The molecule has 1 aromatic carbocycles. The summed E-state index contributed by atoms with van der Waals surface area (Å²) in [6, 6.07) is 8.26. The van der Waals surface area contributed by atoms with Crippen LogP contribution in [0.25, 0.3) is 0 Å². The van der Waals surface area contributed by atoms with Gasteiger partial charge in [-0.2, -0.15) is 8.78 Å². The molecule has 0 fully saturated rings. The lowest BCUT2D eigenvalue weighted by Gasteiger charge is -2.22. The van der Waals surface area contributed by atoms with Crippen LogP contribution in [-0.4, -0.2) is 34.0 Å². The van der Waals surface area contributed by atoms with Crippen molar-refractivity contribution in [2.75, 3.05) is 13.6 Å². The molecule has 0 bridgehead atoms. The zero-order chi connectivity index (χ0) is 17.5. The molecule has 0 atom stereocenters. The first-order valence-electron chi connectivity index (χ1n) is 7.86. The van der Waals surface area contributed by atoms with Gasteiger partial charge in [-0.3, -0.25) is 4.57 Å². The Labute approximate surface area is 164 Å². The van der Waals surface area contributed by atoms with Crippen molar-refractivity contribution in [2.45, 2.75) is 33.5 Å². The first kappa shape index (κ1) is 21.3. The molecule has 25 heavy (non-hydrogen) atoms. The van der Waals surface area contributed by atoms with Crippen LogP contribution in [0.2, 0.25) is 0 Å². The van der Waals surface area contributed by atoms with Crippen molar-refractivity contribution in [2.24, 2.45) is 4.99 Å². The first-order chi connectivity index (χ1) is 11.5. The third-order valence-electron chi connectivity index (χ3n) is 3.57. The van der Waals surface area contributed by atoms with Gasteiger partial charge in [0.25, 0.3) is 0 Å². The number of imidazole rings is 1. The number of aliphatic imine (C=N–C) groups is 1. The van der Waals surface area contributed by atoms with Gasteiger partial charge in [0.1, 0.15) is 12.4 Å². The van der Waals surface area contributed by atoms with E-state index in [4.69, 9.17) is 0 Å². The Kier molecular flexibility index (Phi) is 8.81. The fraction of sp³-hybridized carbons (Fsp3) is 0.412. The van der Waals surface area contributed by atoms with Gasteiger partial charge in [-0.25, -0.2) is 9.98 Å². The quantitative estimate of drug-likeness (QED) is 0.403. The summed E-state index contributed by atoms with van der Waals surface area (Å²) in [6.45, 7) is 2.87. The molecule has 0 unspecified atom stereocenters. The van der Waals surface area contributed by atoms with E-state index in [9.17, 15) is 8.78 Å². The Morgan fingerprint density at radius 2 is 2.00 bits per heavy atom. The molecule has 0 amide bonds. The molecule has 0 radical (unpaired) electrons. The summed E-state index contributed by atoms with van der Waals surface area (Å²) in [5.74, 6) is 0.894. The highest BCUT2D eigenvalue weighted by atomic mass is 127. The maximum absolute atomic E-state index is 12.9. The minimum absolute atomic E-state index is 0. The molecule has 1 heterocycles. The van der Waals surface area contributed by atoms with Crippen LogP contribution in [0.4, 0.5) is 8.78 Å². The number of benzene rings is 1. The average molecular weight is 463 g/mol. The Morgan fingerprint density at radius 1 is 1.32 bits per heavy atom. The van der Waals surface area contributed by atoms with E-state index in [-0.39, 0.29) is 36.3 Å². The minimum Gasteiger partial charge on any atom is -0.357 e. The van der Waals surface area contributed by atoms with E-state index in [1.807, 2.05) is 25.8 Å². The number of halogens is 3. The van der Waals surface area contributed by atoms with Gasteiger partial charge in [-0.15, -0.1) is 24.0 Å². The molecule has 0 saturated heterocycles. The minimum atomic E-state index is -2.61. The normalized spacial score (nSPS) is 11.4. The Balaban J connectivity index is 0.00000312. The maximum atomic E-state index is 12.9. The molecule has 8 heteroatoms. The molecular formula is C17H24F2IN5. The summed E-state index contributed by atoms with van der Waals surface area (Å²) in [5.41, 5.74) is 2.36. The van der Waals surface area contributed by atoms with E-state index in [0.717, 1.165) is 10.1 Å². The third kappa shape index (κ3) is 6.26. The molecule has 0 aliphatic carbocycles. The molecule has 5 nitrogen and oxygen atoms in total. The highest BCUT2D eigenvalue weighted by Gasteiger charge is 2.12. The van der Waals surface area contributed by atoms with E-state index in [0.29, 0.717) is 19.0 Å². The number of alkyl halides is 2. The summed E-state index contributed by atoms with van der Waals surface area (Å²) in [6.07, 6.45) is 2.62. The van der Waals surface area contributed by atoms with Crippen molar-refractivity contribution < 1.29 is 8.78 Å². The monoisotopic (exact) mass is 463 g/mol. The van der Waals surface area contributed by atoms with Crippen LogP contribution in [-0.2, 0) is 13.1 Å². The second-order valence-electron chi connectivity index (χ2n) is 5.54. The molecule has 0 saturated carbocycles. The van der Waals surface area contributed by atoms with Crippen LogP contribution in [0.5, 0.6) is 0 Å². The van der Waals surface area contributed by atoms with Crippen molar-refractivity contribution in [3.8, 4) is 0 Å². The Bertz CT molecular complexity index is 670. The van der Waals surface area contributed by atoms with Gasteiger partial charge in [0, 0.05) is 32.5 Å². The van der Waals surface area contributed by atoms with Crippen molar-refractivity contribution >= 4 is 29.9 Å². The van der Waals surface area contributed by atoms with Crippen LogP contribution in [0, 0.1) is 6.92 Å². The maximum Gasteiger partial charge on any atom is 0.319 e. The second-order valence-corrected chi connectivity index (χ2v) is 5.54. The average Bonchev–Trinajstić information content (AvgIpc) is 3.02. The van der Waals surface area contributed by atoms with Crippen molar-refractivity contribution in [1.82, 2.24) is 19.8 Å². The summed E-state index contributed by atoms with van der Waals surface area (Å²) in [7, 11) is 1.92. The zero-order valence-corrected chi connectivity index (χ0v) is 16.9. The topological polar surface area (TPSA) is 45.5 Å². The van der Waals surface area contributed by atoms with Gasteiger partial charge >= 0.3 is 6.55 Å². The van der Waals surface area contributed by atoms with Gasteiger partial charge in [-0.05, 0) is 19.4 Å². The van der Waals surface area contributed by atoms with Crippen molar-refractivity contribution in [3.63, 3.8) is 0 Å². The summed E-state index contributed by atoms with van der Waals surface area (Å²) < 4.78 is 26.5. The number of hydrogen-bond acceptors (Lipinski definition) is 2. The predicted octanol–water partition coefficient (Wildman–Crippen LogP) is 3.80. The molecule has 2 aromatic rings. The number of nitrogens with zero attached hydrogens (tertiary/aromatic N) is 4. The molecule has 0 aliphatic heterocycles. The van der Waals surface area contributed by atoms with E-state index in [1.165, 1.54) is 18.0 Å². The second kappa shape index (κ2) is 10.3. The van der Waals surface area contributed by atoms with Crippen LogP contribution in [0.1, 0.15) is 30.4 Å². The number of hydrogen-bond donors (Lipinski definition) is 1. The number of aromatic nitrogens is 2. The smallest absolute Gasteiger partial charge is 0.319 e. The van der Waals surface area contributed by atoms with Crippen LogP contribution in [0.15, 0.2) is 41.7 Å². The summed E-state index contributed by atoms with van der Waals surface area (Å²) >= 11 is 0. The fourth-order valence-corrected chi connectivity index (χ4v) is 2.30. The predicted molar refractivity (Wildman–Crippen MR) is 106 cm³/mol. The molecular weight excluding hydrogens is 439 g/mol. The SMILES string of the molecule is CCNC(=NCc1nccn1C(F)F)N(C)Cc1ccc(C)cc1.I. The summed E-state index contributed by atoms with van der Waals surface area (Å²) in [5, 5.41) is 3.18. The molecule has 138 valence electrons. The fourth-order valence-electron chi connectivity index (χ4n) is 2.30. The standard InChI is InChI=1S/C17H23F2N5.HI/c1-4-20-17(22-11-15-21-9-10-24(15)16(18)19)23(3)12-14-7-5-13(2)6-8-14;/h5-10,16H,4,11-12H2,1-3H3,(H,20,22);1H. The van der Waals surface area contributed by atoms with Gasteiger partial charge in [0.2, 0.25) is 0 Å². The van der Waals surface area contributed by atoms with Crippen LogP contribution >= 0.6 is 24.0 Å². The highest BCUT2D eigenvalue weighted by molar-refractivity contribution is 14.0. The van der Waals surface area contributed by atoms with E-state index >= 15 is 0 Å². The molecule has 0 spiro atoms. The Hall–Kier alpha value is -1.71. The number of aryl methyl sites for hydroxylation is 1. The van der Waals surface area contributed by atoms with Crippen molar-refractivity contribution in [3.05, 3.63) is 53.6 Å². The van der Waals surface area contributed by atoms with Gasteiger partial charge < -0.3 is 10.2 Å². The lowest BCUT2D eigenvalue weighted by Crippen LogP contribution is -2.38. The largest absolute Gasteiger partial charge is 0.357 e. The van der Waals surface area contributed by atoms with Gasteiger partial charge in [0.15, 0.2) is 5.96 Å². The lowest BCUT2D eigenvalue weighted by atomic mass is 10.1. The van der Waals surface area contributed by atoms with Crippen molar-refractivity contribution in [1.29, 1.82) is 0 Å². The van der Waals surface area contributed by atoms with E-state index in [2.05, 4.69) is 39.6 Å². The third-order valence-corrected chi connectivity index (χ3v) is 3.57. The molecule has 1 aromatic heterocycles.